The molecule has 0 aromatic heterocycles. The molecule has 1 rings (SSSR count). The molecule has 0 unspecified atom stereocenters. The summed E-state index contributed by atoms with van der Waals surface area (Å²) in [6.07, 6.45) is 7.04. The zero-order valence-corrected chi connectivity index (χ0v) is 9.05. The van der Waals surface area contributed by atoms with Crippen LogP contribution in [0.25, 0.3) is 0 Å². The molecule has 2 heteroatoms. The third kappa shape index (κ3) is 4.26. The topological polar surface area (TPSA) is 29.1 Å². The largest absolute Gasteiger partial charge is 0.326 e. The Hall–Kier alpha value is -1.05. The highest BCUT2D eigenvalue weighted by molar-refractivity contribution is 5.82. The molecule has 0 bridgehead atoms. The van der Waals surface area contributed by atoms with Gasteiger partial charge in [-0.2, -0.15) is 0 Å². The molecular weight excluding hydrogens is 174 g/mol. The van der Waals surface area contributed by atoms with Gasteiger partial charge in [-0.25, -0.2) is 0 Å². The molecule has 0 saturated heterocycles. The number of carbonyl (C=O) groups is 1. The Labute approximate surface area is 86.1 Å². The van der Waals surface area contributed by atoms with Crippen LogP contribution in [0.4, 0.5) is 0 Å². The number of allylic oxidation sites excluding steroid dienone is 2. The first-order valence-electron chi connectivity index (χ1n) is 5.26. The minimum Gasteiger partial charge on any atom is -0.326 e. The van der Waals surface area contributed by atoms with Crippen molar-refractivity contribution in [3.05, 3.63) is 24.4 Å². The molecule has 0 heterocycles. The van der Waals surface area contributed by atoms with Crippen molar-refractivity contribution >= 4 is 5.91 Å². The Balaban J connectivity index is 2.20. The third-order valence-corrected chi connectivity index (χ3v) is 2.16. The first-order chi connectivity index (χ1) is 6.59. The van der Waals surface area contributed by atoms with Crippen LogP contribution in [-0.2, 0) is 4.79 Å². The van der Waals surface area contributed by atoms with Gasteiger partial charge in [-0.3, -0.25) is 4.79 Å². The number of nitrogens with one attached hydrogen (secondary N) is 1. The second-order valence-electron chi connectivity index (χ2n) is 4.32. The van der Waals surface area contributed by atoms with Crippen molar-refractivity contribution in [2.45, 2.75) is 33.1 Å². The molecule has 1 aliphatic rings. The van der Waals surface area contributed by atoms with E-state index in [2.05, 4.69) is 31.8 Å². The molecule has 1 amide bonds. The maximum atomic E-state index is 11.3. The smallest absolute Gasteiger partial charge is 0.227 e. The summed E-state index contributed by atoms with van der Waals surface area (Å²) in [6, 6.07) is 0. The molecule has 1 saturated carbocycles. The molecule has 2 nitrogen and oxygen atoms in total. The lowest BCUT2D eigenvalue weighted by atomic mass is 10.1. The van der Waals surface area contributed by atoms with Crippen LogP contribution in [0, 0.1) is 11.8 Å². The van der Waals surface area contributed by atoms with Gasteiger partial charge in [-0.1, -0.05) is 26.5 Å². The maximum absolute atomic E-state index is 11.3. The Morgan fingerprint density at radius 2 is 2.21 bits per heavy atom. The quantitative estimate of drug-likeness (QED) is 0.668. The lowest BCUT2D eigenvalue weighted by Gasteiger charge is -2.03. The van der Waals surface area contributed by atoms with Gasteiger partial charge >= 0.3 is 0 Å². The van der Waals surface area contributed by atoms with Crippen molar-refractivity contribution in [1.29, 1.82) is 0 Å². The van der Waals surface area contributed by atoms with Crippen LogP contribution < -0.4 is 5.32 Å². The summed E-state index contributed by atoms with van der Waals surface area (Å²) in [5.74, 6) is 1.03. The normalized spacial score (nSPS) is 16.2. The summed E-state index contributed by atoms with van der Waals surface area (Å²) in [4.78, 5) is 11.3. The monoisotopic (exact) mass is 193 g/mol. The Bertz CT molecular complexity index is 249. The fraction of sp³-hybridized carbons (Fsp3) is 0.583. The average Bonchev–Trinajstić information content (AvgIpc) is 2.84. The van der Waals surface area contributed by atoms with Crippen molar-refractivity contribution < 1.29 is 4.79 Å². The van der Waals surface area contributed by atoms with Gasteiger partial charge in [0.25, 0.3) is 0 Å². The van der Waals surface area contributed by atoms with E-state index in [1.807, 2.05) is 6.08 Å². The van der Waals surface area contributed by atoms with E-state index in [1.54, 1.807) is 0 Å². The minimum atomic E-state index is 0.129. The molecule has 0 radical (unpaired) electrons. The average molecular weight is 193 g/mol. The van der Waals surface area contributed by atoms with E-state index in [1.165, 1.54) is 0 Å². The molecule has 1 aliphatic carbocycles. The second-order valence-corrected chi connectivity index (χ2v) is 4.32. The van der Waals surface area contributed by atoms with E-state index in [0.29, 0.717) is 11.6 Å². The number of rotatable bonds is 5. The fourth-order valence-corrected chi connectivity index (χ4v) is 1.13. The predicted octanol–water partition coefficient (Wildman–Crippen LogP) is 2.63. The van der Waals surface area contributed by atoms with Crippen LogP contribution in [0.3, 0.4) is 0 Å². The van der Waals surface area contributed by atoms with E-state index in [9.17, 15) is 4.79 Å². The van der Waals surface area contributed by atoms with E-state index in [4.69, 9.17) is 0 Å². The molecule has 1 N–H and O–H groups in total. The van der Waals surface area contributed by atoms with Crippen molar-refractivity contribution in [2.24, 2.45) is 11.8 Å². The van der Waals surface area contributed by atoms with E-state index < -0.39 is 0 Å². The summed E-state index contributed by atoms with van der Waals surface area (Å²) in [5, 5.41) is 2.80. The molecule has 0 aromatic rings. The lowest BCUT2D eigenvalue weighted by Crippen LogP contribution is -2.22. The van der Waals surface area contributed by atoms with Crippen molar-refractivity contribution in [3.8, 4) is 0 Å². The molecule has 14 heavy (non-hydrogen) atoms. The number of amides is 1. The Morgan fingerprint density at radius 1 is 1.57 bits per heavy atom. The number of carbonyl (C=O) groups excluding carboxylic acids is 1. The van der Waals surface area contributed by atoms with Gasteiger partial charge in [0.1, 0.15) is 0 Å². The molecule has 1 fully saturated rings. The molecule has 0 spiro atoms. The minimum absolute atomic E-state index is 0.129. The fourth-order valence-electron chi connectivity index (χ4n) is 1.13. The summed E-state index contributed by atoms with van der Waals surface area (Å²) in [7, 11) is 0. The number of hydrogen-bond donors (Lipinski definition) is 1. The van der Waals surface area contributed by atoms with Gasteiger partial charge < -0.3 is 5.32 Å². The van der Waals surface area contributed by atoms with Crippen molar-refractivity contribution in [3.63, 3.8) is 0 Å². The van der Waals surface area contributed by atoms with Gasteiger partial charge in [0.05, 0.1) is 0 Å². The highest BCUT2D eigenvalue weighted by Gasteiger charge is 2.29. The second kappa shape index (κ2) is 4.99. The summed E-state index contributed by atoms with van der Waals surface area (Å²) < 4.78 is 0. The number of hydrogen-bond acceptors (Lipinski definition) is 1. The standard InChI is InChI=1S/C12H19NO/c1-9(2)5-4-6-10(3)13-12(14)11-7-8-11/h4,6,9,11H,3,5,7-8H2,1-2H3,(H,13,14)/b6-4-. The first kappa shape index (κ1) is 11.0. The van der Waals surface area contributed by atoms with Gasteiger partial charge in [0.15, 0.2) is 0 Å². The lowest BCUT2D eigenvalue weighted by molar-refractivity contribution is -0.121. The van der Waals surface area contributed by atoms with Crippen molar-refractivity contribution in [1.82, 2.24) is 5.32 Å². The van der Waals surface area contributed by atoms with Crippen LogP contribution in [0.2, 0.25) is 0 Å². The Kier molecular flexibility index (Phi) is 3.93. The molecule has 0 atom stereocenters. The van der Waals surface area contributed by atoms with Gasteiger partial charge in [-0.05, 0) is 31.3 Å². The van der Waals surface area contributed by atoms with Crippen LogP contribution in [0.5, 0.6) is 0 Å². The van der Waals surface area contributed by atoms with E-state index >= 15 is 0 Å². The first-order valence-corrected chi connectivity index (χ1v) is 5.26. The van der Waals surface area contributed by atoms with Crippen LogP contribution in [0.15, 0.2) is 24.4 Å². The maximum Gasteiger partial charge on any atom is 0.227 e. The highest BCUT2D eigenvalue weighted by Crippen LogP contribution is 2.28. The van der Waals surface area contributed by atoms with Crippen LogP contribution in [-0.4, -0.2) is 5.91 Å². The predicted molar refractivity (Wildman–Crippen MR) is 58.6 cm³/mol. The van der Waals surface area contributed by atoms with Gasteiger partial charge in [-0.15, -0.1) is 0 Å². The zero-order valence-electron chi connectivity index (χ0n) is 9.05. The van der Waals surface area contributed by atoms with Crippen LogP contribution in [0.1, 0.15) is 33.1 Å². The van der Waals surface area contributed by atoms with Gasteiger partial charge in [0.2, 0.25) is 5.91 Å². The zero-order chi connectivity index (χ0) is 10.6. The summed E-state index contributed by atoms with van der Waals surface area (Å²) in [5.41, 5.74) is 0.711. The summed E-state index contributed by atoms with van der Waals surface area (Å²) >= 11 is 0. The van der Waals surface area contributed by atoms with Crippen LogP contribution >= 0.6 is 0 Å². The highest BCUT2D eigenvalue weighted by atomic mass is 16.2. The Morgan fingerprint density at radius 3 is 2.71 bits per heavy atom. The van der Waals surface area contributed by atoms with E-state index in [-0.39, 0.29) is 11.8 Å². The van der Waals surface area contributed by atoms with Gasteiger partial charge in [0, 0.05) is 11.6 Å². The SMILES string of the molecule is C=C(/C=C\CC(C)C)NC(=O)C1CC1. The van der Waals surface area contributed by atoms with E-state index in [0.717, 1.165) is 19.3 Å². The third-order valence-electron chi connectivity index (χ3n) is 2.16. The molecular formula is C12H19NO. The summed E-state index contributed by atoms with van der Waals surface area (Å²) in [6.45, 7) is 8.11. The molecule has 0 aliphatic heterocycles. The van der Waals surface area contributed by atoms with Crippen molar-refractivity contribution in [2.75, 3.05) is 0 Å². The molecule has 78 valence electrons. The molecule has 0 aromatic carbocycles.